The smallest absolute Gasteiger partial charge is 0.222 e. The second-order valence-corrected chi connectivity index (χ2v) is 3.25. The lowest BCUT2D eigenvalue weighted by Gasteiger charge is -2.08. The molecule has 3 nitrogen and oxygen atoms in total. The van der Waals surface area contributed by atoms with Crippen molar-refractivity contribution in [2.75, 3.05) is 6.54 Å². The van der Waals surface area contributed by atoms with Crippen molar-refractivity contribution in [1.29, 1.82) is 0 Å². The van der Waals surface area contributed by atoms with E-state index in [2.05, 4.69) is 5.32 Å². The predicted octanol–water partition coefficient (Wildman–Crippen LogP) is 0.529. The predicted molar refractivity (Wildman–Crippen MR) is 44.1 cm³/mol. The van der Waals surface area contributed by atoms with Crippen LogP contribution in [0.5, 0.6) is 0 Å². The molecule has 0 aromatic rings. The van der Waals surface area contributed by atoms with Gasteiger partial charge in [0.2, 0.25) is 5.91 Å². The molecular formula is C8H17NO2. The van der Waals surface area contributed by atoms with Crippen molar-refractivity contribution in [3.8, 4) is 0 Å². The first-order chi connectivity index (χ1) is 5.02. The Hall–Kier alpha value is -0.570. The van der Waals surface area contributed by atoms with Crippen LogP contribution >= 0.6 is 0 Å². The first kappa shape index (κ1) is 10.4. The summed E-state index contributed by atoms with van der Waals surface area (Å²) in [5, 5.41) is 11.5. The Morgan fingerprint density at radius 2 is 2.00 bits per heavy atom. The minimum atomic E-state index is -0.540. The van der Waals surface area contributed by atoms with Gasteiger partial charge in [0.1, 0.15) is 0 Å². The van der Waals surface area contributed by atoms with Crippen molar-refractivity contribution >= 4 is 5.91 Å². The maximum absolute atomic E-state index is 10.9. The van der Waals surface area contributed by atoms with Gasteiger partial charge in [-0.3, -0.25) is 4.79 Å². The van der Waals surface area contributed by atoms with Gasteiger partial charge in [-0.2, -0.15) is 0 Å². The Labute approximate surface area is 67.8 Å². The van der Waals surface area contributed by atoms with Crippen molar-refractivity contribution in [3.63, 3.8) is 0 Å². The van der Waals surface area contributed by atoms with Crippen LogP contribution in [0, 0.1) is 5.92 Å². The molecule has 0 aliphatic heterocycles. The van der Waals surface area contributed by atoms with Gasteiger partial charge < -0.3 is 10.4 Å². The summed E-state index contributed by atoms with van der Waals surface area (Å²) in [5.74, 6) is 0.390. The number of aliphatic hydroxyl groups is 1. The summed E-state index contributed by atoms with van der Waals surface area (Å²) >= 11 is 0. The van der Waals surface area contributed by atoms with E-state index in [0.717, 1.165) is 0 Å². The van der Waals surface area contributed by atoms with Crippen LogP contribution in [-0.4, -0.2) is 23.7 Å². The van der Waals surface area contributed by atoms with E-state index in [4.69, 9.17) is 5.11 Å². The molecule has 66 valence electrons. The highest BCUT2D eigenvalue weighted by Gasteiger charge is 2.05. The molecule has 0 bridgehead atoms. The number of carbonyl (C=O) groups excluding carboxylic acids is 1. The maximum Gasteiger partial charge on any atom is 0.222 e. The van der Waals surface area contributed by atoms with E-state index in [1.807, 2.05) is 13.8 Å². The van der Waals surface area contributed by atoms with Crippen molar-refractivity contribution in [1.82, 2.24) is 5.32 Å². The molecule has 1 unspecified atom stereocenters. The largest absolute Gasteiger partial charge is 0.393 e. The van der Waals surface area contributed by atoms with E-state index in [0.29, 0.717) is 12.5 Å². The fraction of sp³-hybridized carbons (Fsp3) is 0.875. The fourth-order valence-electron chi connectivity index (χ4n) is 0.658. The topological polar surface area (TPSA) is 49.3 Å². The van der Waals surface area contributed by atoms with Crippen LogP contribution in [0.25, 0.3) is 0 Å². The fourth-order valence-corrected chi connectivity index (χ4v) is 0.658. The van der Waals surface area contributed by atoms with Gasteiger partial charge in [-0.05, 0) is 12.8 Å². The maximum atomic E-state index is 10.9. The molecule has 11 heavy (non-hydrogen) atoms. The molecule has 2 N–H and O–H groups in total. The molecule has 0 saturated carbocycles. The summed E-state index contributed by atoms with van der Waals surface area (Å²) in [6.07, 6.45) is -0.339. The molecule has 0 aliphatic carbocycles. The zero-order chi connectivity index (χ0) is 8.85. The van der Waals surface area contributed by atoms with Crippen LogP contribution in [-0.2, 0) is 4.79 Å². The summed E-state index contributed by atoms with van der Waals surface area (Å²) in [5.41, 5.74) is 0. The van der Waals surface area contributed by atoms with Crippen molar-refractivity contribution in [2.24, 2.45) is 5.92 Å². The van der Waals surface area contributed by atoms with Crippen LogP contribution < -0.4 is 5.32 Å². The van der Waals surface area contributed by atoms with Crippen molar-refractivity contribution in [2.45, 2.75) is 33.3 Å². The highest BCUT2D eigenvalue weighted by atomic mass is 16.3. The molecule has 0 aliphatic rings. The summed E-state index contributed by atoms with van der Waals surface area (Å²) in [7, 11) is 0. The Kier molecular flexibility index (Phi) is 4.86. The van der Waals surface area contributed by atoms with Crippen LogP contribution in [0.2, 0.25) is 0 Å². The standard InChI is InChI=1S/C8H17NO2/c1-6(2)5-9-8(11)4-7(3)10/h6-7,10H,4-5H2,1-3H3,(H,9,11). The Bertz CT molecular complexity index is 121. The molecular weight excluding hydrogens is 142 g/mol. The molecule has 0 saturated heterocycles. The van der Waals surface area contributed by atoms with Crippen LogP contribution in [0.15, 0.2) is 0 Å². The van der Waals surface area contributed by atoms with Gasteiger partial charge in [0, 0.05) is 6.54 Å². The van der Waals surface area contributed by atoms with Gasteiger partial charge in [-0.1, -0.05) is 13.8 Å². The van der Waals surface area contributed by atoms with Crippen LogP contribution in [0.1, 0.15) is 27.2 Å². The number of rotatable bonds is 4. The van der Waals surface area contributed by atoms with Crippen molar-refractivity contribution < 1.29 is 9.90 Å². The van der Waals surface area contributed by atoms with Gasteiger partial charge in [0.25, 0.3) is 0 Å². The lowest BCUT2D eigenvalue weighted by molar-refractivity contribution is -0.122. The summed E-state index contributed by atoms with van der Waals surface area (Å²) in [6.45, 7) is 6.35. The highest BCUT2D eigenvalue weighted by Crippen LogP contribution is 1.91. The van der Waals surface area contributed by atoms with Crippen molar-refractivity contribution in [3.05, 3.63) is 0 Å². The summed E-state index contributed by atoms with van der Waals surface area (Å²) < 4.78 is 0. The third kappa shape index (κ3) is 7.33. The number of amides is 1. The summed E-state index contributed by atoms with van der Waals surface area (Å²) in [4.78, 5) is 10.9. The average Bonchev–Trinajstić information content (AvgIpc) is 1.82. The second kappa shape index (κ2) is 5.13. The zero-order valence-electron chi connectivity index (χ0n) is 7.42. The lowest BCUT2D eigenvalue weighted by atomic mass is 10.2. The van der Waals surface area contributed by atoms with E-state index < -0.39 is 6.10 Å². The van der Waals surface area contributed by atoms with Gasteiger partial charge in [0.15, 0.2) is 0 Å². The molecule has 0 radical (unpaired) electrons. The van der Waals surface area contributed by atoms with E-state index in [-0.39, 0.29) is 12.3 Å². The monoisotopic (exact) mass is 159 g/mol. The van der Waals surface area contributed by atoms with Crippen LogP contribution in [0.3, 0.4) is 0 Å². The van der Waals surface area contributed by atoms with E-state index >= 15 is 0 Å². The molecule has 0 rings (SSSR count). The van der Waals surface area contributed by atoms with E-state index in [9.17, 15) is 4.79 Å². The van der Waals surface area contributed by atoms with Crippen LogP contribution in [0.4, 0.5) is 0 Å². The molecule has 0 aromatic carbocycles. The zero-order valence-corrected chi connectivity index (χ0v) is 7.42. The van der Waals surface area contributed by atoms with E-state index in [1.165, 1.54) is 0 Å². The number of aliphatic hydroxyl groups excluding tert-OH is 1. The number of nitrogens with one attached hydrogen (secondary N) is 1. The SMILES string of the molecule is CC(C)CNC(=O)CC(C)O. The third-order valence-electron chi connectivity index (χ3n) is 1.19. The number of carbonyl (C=O) groups is 1. The van der Waals surface area contributed by atoms with Gasteiger partial charge in [0.05, 0.1) is 12.5 Å². The molecule has 1 amide bonds. The quantitative estimate of drug-likeness (QED) is 0.628. The molecule has 0 aromatic heterocycles. The molecule has 3 heteroatoms. The lowest BCUT2D eigenvalue weighted by Crippen LogP contribution is -2.29. The Balaban J connectivity index is 3.38. The highest BCUT2D eigenvalue weighted by molar-refractivity contribution is 5.76. The minimum absolute atomic E-state index is 0.0753. The molecule has 0 spiro atoms. The first-order valence-corrected chi connectivity index (χ1v) is 3.97. The Morgan fingerprint density at radius 1 is 1.45 bits per heavy atom. The molecule has 0 heterocycles. The molecule has 1 atom stereocenters. The summed E-state index contributed by atoms with van der Waals surface area (Å²) in [6, 6.07) is 0. The Morgan fingerprint density at radius 3 is 2.36 bits per heavy atom. The molecule has 0 fully saturated rings. The van der Waals surface area contributed by atoms with Gasteiger partial charge in [-0.25, -0.2) is 0 Å². The average molecular weight is 159 g/mol. The first-order valence-electron chi connectivity index (χ1n) is 3.97. The number of hydrogen-bond acceptors (Lipinski definition) is 2. The normalized spacial score (nSPS) is 13.2. The third-order valence-corrected chi connectivity index (χ3v) is 1.19. The minimum Gasteiger partial charge on any atom is -0.393 e. The number of hydrogen-bond donors (Lipinski definition) is 2. The van der Waals surface area contributed by atoms with Gasteiger partial charge in [-0.15, -0.1) is 0 Å². The second-order valence-electron chi connectivity index (χ2n) is 3.25. The van der Waals surface area contributed by atoms with Gasteiger partial charge >= 0.3 is 0 Å². The van der Waals surface area contributed by atoms with E-state index in [1.54, 1.807) is 6.92 Å².